The number of carbonyl (C=O) groups is 1. The largest absolute Gasteiger partial charge is 0.311 e. The molecule has 1 aromatic carbocycles. The van der Waals surface area contributed by atoms with Gasteiger partial charge in [0.2, 0.25) is 5.91 Å². The number of aryl methyl sites for hydroxylation is 1. The van der Waals surface area contributed by atoms with Crippen LogP contribution in [0.3, 0.4) is 0 Å². The number of para-hydroxylation sites is 1. The number of amides is 1. The highest BCUT2D eigenvalue weighted by Gasteiger charge is 2.31. The van der Waals surface area contributed by atoms with Crippen molar-refractivity contribution in [1.82, 2.24) is 10.2 Å². The van der Waals surface area contributed by atoms with Crippen LogP contribution in [-0.2, 0) is 11.2 Å². The molecule has 22 heavy (non-hydrogen) atoms. The number of carbonyl (C=O) groups excluding carboxylic acids is 1. The lowest BCUT2D eigenvalue weighted by molar-refractivity contribution is -0.119. The van der Waals surface area contributed by atoms with Gasteiger partial charge in [-0.2, -0.15) is 0 Å². The molecule has 1 N–H and O–H groups in total. The van der Waals surface area contributed by atoms with Crippen molar-refractivity contribution in [2.24, 2.45) is 0 Å². The monoisotopic (exact) mass is 299 g/mol. The lowest BCUT2D eigenvalue weighted by atomic mass is 10.0. The highest BCUT2D eigenvalue weighted by atomic mass is 16.2. The SMILES string of the molecule is O=C(CN1CCC2CCC(C1)N2)N1CCCc2ccccc21. The molecule has 0 aromatic heterocycles. The standard InChI is InChI=1S/C18H25N3O/c22-18(13-20-11-9-15-7-8-16(12-20)19-15)21-10-3-5-14-4-1-2-6-17(14)21/h1-2,4,6,15-16,19H,3,5,7-13H2. The fraction of sp³-hybridized carbons (Fsp3) is 0.611. The summed E-state index contributed by atoms with van der Waals surface area (Å²) < 4.78 is 0. The van der Waals surface area contributed by atoms with Gasteiger partial charge in [0.25, 0.3) is 0 Å². The number of nitrogens with zero attached hydrogens (tertiary/aromatic N) is 2. The van der Waals surface area contributed by atoms with E-state index in [1.807, 2.05) is 11.0 Å². The second-order valence-corrected chi connectivity index (χ2v) is 6.94. The van der Waals surface area contributed by atoms with Gasteiger partial charge in [-0.3, -0.25) is 9.69 Å². The maximum Gasteiger partial charge on any atom is 0.241 e. The van der Waals surface area contributed by atoms with Crippen LogP contribution in [0.2, 0.25) is 0 Å². The zero-order valence-corrected chi connectivity index (χ0v) is 13.1. The number of anilines is 1. The van der Waals surface area contributed by atoms with Gasteiger partial charge in [0.05, 0.1) is 6.54 Å². The summed E-state index contributed by atoms with van der Waals surface area (Å²) in [5.41, 5.74) is 2.45. The van der Waals surface area contributed by atoms with E-state index >= 15 is 0 Å². The third kappa shape index (κ3) is 2.77. The van der Waals surface area contributed by atoms with Crippen LogP contribution in [0.25, 0.3) is 0 Å². The molecular weight excluding hydrogens is 274 g/mol. The summed E-state index contributed by atoms with van der Waals surface area (Å²) in [5.74, 6) is 0.268. The van der Waals surface area contributed by atoms with Crippen molar-refractivity contribution in [3.63, 3.8) is 0 Å². The molecule has 1 amide bonds. The molecule has 118 valence electrons. The fourth-order valence-corrected chi connectivity index (χ4v) is 4.23. The smallest absolute Gasteiger partial charge is 0.241 e. The highest BCUT2D eigenvalue weighted by molar-refractivity contribution is 5.95. The van der Waals surface area contributed by atoms with E-state index in [0.717, 1.165) is 38.2 Å². The van der Waals surface area contributed by atoms with E-state index in [0.29, 0.717) is 18.6 Å². The number of hydrogen-bond donors (Lipinski definition) is 1. The molecule has 0 radical (unpaired) electrons. The summed E-state index contributed by atoms with van der Waals surface area (Å²) in [6, 6.07) is 9.64. The molecule has 2 fully saturated rings. The number of nitrogens with one attached hydrogen (secondary N) is 1. The second kappa shape index (κ2) is 6.01. The molecule has 4 rings (SSSR count). The Hall–Kier alpha value is -1.39. The Morgan fingerprint density at radius 3 is 2.95 bits per heavy atom. The zero-order valence-electron chi connectivity index (χ0n) is 13.1. The molecule has 0 aliphatic carbocycles. The fourth-order valence-electron chi connectivity index (χ4n) is 4.23. The van der Waals surface area contributed by atoms with Gasteiger partial charge in [0.1, 0.15) is 0 Å². The first-order chi connectivity index (χ1) is 10.8. The molecule has 0 spiro atoms. The lowest BCUT2D eigenvalue weighted by Crippen LogP contribution is -2.45. The number of likely N-dealkylation sites (tertiary alicyclic amines) is 1. The van der Waals surface area contributed by atoms with E-state index in [1.165, 1.54) is 24.8 Å². The molecular formula is C18H25N3O. The van der Waals surface area contributed by atoms with Crippen molar-refractivity contribution in [2.45, 2.75) is 44.2 Å². The van der Waals surface area contributed by atoms with Gasteiger partial charge in [-0.15, -0.1) is 0 Å². The first-order valence-electron chi connectivity index (χ1n) is 8.66. The van der Waals surface area contributed by atoms with Crippen LogP contribution in [0.1, 0.15) is 31.2 Å². The Labute approximate surface area is 132 Å². The van der Waals surface area contributed by atoms with Crippen LogP contribution in [0.4, 0.5) is 5.69 Å². The van der Waals surface area contributed by atoms with Gasteiger partial charge >= 0.3 is 0 Å². The average molecular weight is 299 g/mol. The van der Waals surface area contributed by atoms with Crippen molar-refractivity contribution >= 4 is 11.6 Å². The van der Waals surface area contributed by atoms with Gasteiger partial charge < -0.3 is 10.2 Å². The molecule has 2 atom stereocenters. The quantitative estimate of drug-likeness (QED) is 0.904. The van der Waals surface area contributed by atoms with Crippen LogP contribution < -0.4 is 10.2 Å². The molecule has 0 saturated carbocycles. The Balaban J connectivity index is 1.44. The molecule has 1 aromatic rings. The second-order valence-electron chi connectivity index (χ2n) is 6.94. The van der Waals surface area contributed by atoms with E-state index < -0.39 is 0 Å². The van der Waals surface area contributed by atoms with Crippen LogP contribution in [0, 0.1) is 0 Å². The molecule has 3 heterocycles. The molecule has 4 heteroatoms. The van der Waals surface area contributed by atoms with Gasteiger partial charge in [0.15, 0.2) is 0 Å². The predicted molar refractivity (Wildman–Crippen MR) is 88.1 cm³/mol. The number of hydrogen-bond acceptors (Lipinski definition) is 3. The summed E-state index contributed by atoms with van der Waals surface area (Å²) >= 11 is 0. The summed E-state index contributed by atoms with van der Waals surface area (Å²) in [6.45, 7) is 3.51. The molecule has 2 saturated heterocycles. The average Bonchev–Trinajstić information content (AvgIpc) is 2.89. The summed E-state index contributed by atoms with van der Waals surface area (Å²) in [7, 11) is 0. The maximum absolute atomic E-state index is 12.8. The minimum Gasteiger partial charge on any atom is -0.311 e. The normalized spacial score (nSPS) is 28.3. The topological polar surface area (TPSA) is 35.6 Å². The molecule has 2 bridgehead atoms. The van der Waals surface area contributed by atoms with E-state index in [-0.39, 0.29) is 5.91 Å². The predicted octanol–water partition coefficient (Wildman–Crippen LogP) is 1.79. The first-order valence-corrected chi connectivity index (χ1v) is 8.66. The Kier molecular flexibility index (Phi) is 3.89. The Morgan fingerprint density at radius 1 is 1.14 bits per heavy atom. The van der Waals surface area contributed by atoms with Crippen LogP contribution in [-0.4, -0.2) is 49.1 Å². The summed E-state index contributed by atoms with van der Waals surface area (Å²) in [6.07, 6.45) is 5.93. The number of fused-ring (bicyclic) bond motifs is 3. The van der Waals surface area contributed by atoms with Gasteiger partial charge in [0, 0.05) is 37.4 Å². The van der Waals surface area contributed by atoms with Crippen molar-refractivity contribution < 1.29 is 4.79 Å². The molecule has 3 aliphatic rings. The van der Waals surface area contributed by atoms with Crippen LogP contribution in [0.15, 0.2) is 24.3 Å². The molecule has 2 unspecified atom stereocenters. The third-order valence-electron chi connectivity index (χ3n) is 5.38. The minimum absolute atomic E-state index is 0.268. The van der Waals surface area contributed by atoms with Crippen molar-refractivity contribution in [3.8, 4) is 0 Å². The first kappa shape index (κ1) is 14.2. The number of benzene rings is 1. The molecule has 4 nitrogen and oxygen atoms in total. The van der Waals surface area contributed by atoms with E-state index in [1.54, 1.807) is 0 Å². The van der Waals surface area contributed by atoms with Gasteiger partial charge in [-0.25, -0.2) is 0 Å². The van der Waals surface area contributed by atoms with E-state index in [9.17, 15) is 4.79 Å². The van der Waals surface area contributed by atoms with Crippen molar-refractivity contribution in [3.05, 3.63) is 29.8 Å². The Morgan fingerprint density at radius 2 is 2.00 bits per heavy atom. The van der Waals surface area contributed by atoms with Gasteiger partial charge in [-0.05, 0) is 43.7 Å². The molecule has 3 aliphatic heterocycles. The summed E-state index contributed by atoms with van der Waals surface area (Å²) in [4.78, 5) is 17.2. The van der Waals surface area contributed by atoms with Crippen LogP contribution in [0.5, 0.6) is 0 Å². The zero-order chi connectivity index (χ0) is 14.9. The lowest BCUT2D eigenvalue weighted by Gasteiger charge is -2.32. The Bertz CT molecular complexity index is 559. The van der Waals surface area contributed by atoms with Gasteiger partial charge in [-0.1, -0.05) is 18.2 Å². The summed E-state index contributed by atoms with van der Waals surface area (Å²) in [5, 5.41) is 3.68. The number of rotatable bonds is 2. The highest BCUT2D eigenvalue weighted by Crippen LogP contribution is 2.27. The van der Waals surface area contributed by atoms with Crippen LogP contribution >= 0.6 is 0 Å². The minimum atomic E-state index is 0.268. The maximum atomic E-state index is 12.8. The van der Waals surface area contributed by atoms with E-state index in [4.69, 9.17) is 0 Å². The van der Waals surface area contributed by atoms with E-state index in [2.05, 4.69) is 28.4 Å². The van der Waals surface area contributed by atoms with Crippen molar-refractivity contribution in [1.29, 1.82) is 0 Å². The van der Waals surface area contributed by atoms with Crippen molar-refractivity contribution in [2.75, 3.05) is 31.1 Å². The third-order valence-corrected chi connectivity index (χ3v) is 5.38.